The summed E-state index contributed by atoms with van der Waals surface area (Å²) in [6.45, 7) is 19.3. The van der Waals surface area contributed by atoms with Gasteiger partial charge in [0.1, 0.15) is 5.75 Å². The number of nitrogens with one attached hydrogen (secondary N) is 1. The molecule has 0 spiro atoms. The van der Waals surface area contributed by atoms with Crippen LogP contribution >= 0.6 is 7.92 Å². The van der Waals surface area contributed by atoms with Gasteiger partial charge in [-0.25, -0.2) is 8.93 Å². The van der Waals surface area contributed by atoms with Crippen LogP contribution in [0, 0.1) is 0 Å². The molecule has 7 heteroatoms. The Hall–Kier alpha value is -3.18. The minimum absolute atomic E-state index is 0.212. The van der Waals surface area contributed by atoms with Crippen molar-refractivity contribution in [2.24, 2.45) is 0 Å². The topological polar surface area (TPSA) is 56.8 Å². The van der Waals surface area contributed by atoms with Crippen molar-refractivity contribution in [2.75, 3.05) is 21.3 Å². The second-order valence-corrected chi connectivity index (χ2v) is 19.0. The third-order valence-corrected chi connectivity index (χ3v) is 12.2. The van der Waals surface area contributed by atoms with Gasteiger partial charge in [0.05, 0.1) is 43.1 Å². The van der Waals surface area contributed by atoms with E-state index in [1.165, 1.54) is 10.6 Å². The molecule has 0 aliphatic carbocycles. The Labute approximate surface area is 286 Å². The predicted octanol–water partition coefficient (Wildman–Crippen LogP) is 8.21. The summed E-state index contributed by atoms with van der Waals surface area (Å²) in [6.07, 6.45) is 0. The monoisotopic (exact) mass is 673 g/mol. The van der Waals surface area contributed by atoms with E-state index in [4.69, 9.17) is 14.2 Å². The summed E-state index contributed by atoms with van der Waals surface area (Å²) in [4.78, 5) is 0. The number of hydrogen-bond acceptors (Lipinski definition) is 4. The maximum Gasteiger partial charge on any atom is 0.161 e. The van der Waals surface area contributed by atoms with Gasteiger partial charge in [-0.15, -0.1) is 0 Å². The molecule has 0 aliphatic rings. The van der Waals surface area contributed by atoms with Gasteiger partial charge < -0.3 is 14.2 Å². The van der Waals surface area contributed by atoms with Crippen molar-refractivity contribution in [2.45, 2.75) is 83.9 Å². The van der Waals surface area contributed by atoms with Crippen LogP contribution in [0.4, 0.5) is 0 Å². The molecule has 0 radical (unpaired) electrons. The normalized spacial score (nSPS) is 13.7. The first-order valence-corrected chi connectivity index (χ1v) is 18.6. The number of rotatable bonds is 10. The minimum atomic E-state index is -1.40. The highest BCUT2D eigenvalue weighted by Crippen LogP contribution is 2.45. The summed E-state index contributed by atoms with van der Waals surface area (Å²) in [5.41, 5.74) is 3.79. The molecule has 0 saturated heterocycles. The molecule has 0 unspecified atom stereocenters. The second kappa shape index (κ2) is 14.5. The fourth-order valence-corrected chi connectivity index (χ4v) is 8.96. The average molecular weight is 674 g/mol. The summed E-state index contributed by atoms with van der Waals surface area (Å²) >= 11 is 0. The van der Waals surface area contributed by atoms with Gasteiger partial charge in [0, 0.05) is 11.1 Å². The zero-order chi connectivity index (χ0) is 34.7. The van der Waals surface area contributed by atoms with Crippen LogP contribution in [0.1, 0.15) is 90.6 Å². The maximum absolute atomic E-state index is 14.1. The molecule has 252 valence electrons. The Kier molecular flexibility index (Phi) is 11.3. The van der Waals surface area contributed by atoms with Crippen LogP contribution in [0.3, 0.4) is 0 Å². The molecule has 2 atom stereocenters. The van der Waals surface area contributed by atoms with Crippen LogP contribution in [0.15, 0.2) is 84.9 Å². The van der Waals surface area contributed by atoms with Gasteiger partial charge in [-0.2, -0.15) is 0 Å². The van der Waals surface area contributed by atoms with Crippen molar-refractivity contribution in [3.63, 3.8) is 0 Å². The predicted molar refractivity (Wildman–Crippen MR) is 202 cm³/mol. The fraction of sp³-hybridized carbons (Fsp3) is 0.400. The molecule has 5 nitrogen and oxygen atoms in total. The highest BCUT2D eigenvalue weighted by molar-refractivity contribution is 7.84. The standard InChI is InChI=1S/C40H52NO4PS/c1-38(2,3)31-23-27(24-32(37(31)45-12)39(4,5)6)36(41-47(42)40(7,8)9)30-25-33(43-10)34(44-11)26-35(30)46(28-19-15-13-16-20-28)29-21-17-14-18-22-29/h13-26,36,41H,1-12H3/t36-,47+/m1/s1. The Balaban J connectivity index is 2.18. The van der Waals surface area contributed by atoms with Gasteiger partial charge in [-0.05, 0) is 90.8 Å². The lowest BCUT2D eigenvalue weighted by atomic mass is 9.77. The van der Waals surface area contributed by atoms with Crippen molar-refractivity contribution >= 4 is 34.8 Å². The summed E-state index contributed by atoms with van der Waals surface area (Å²) in [7, 11) is 2.64. The Morgan fingerprint density at radius 1 is 0.638 bits per heavy atom. The molecule has 0 fully saturated rings. The van der Waals surface area contributed by atoms with E-state index in [2.05, 4.69) is 119 Å². The van der Waals surface area contributed by atoms with Gasteiger partial charge in [-0.1, -0.05) is 102 Å². The minimum Gasteiger partial charge on any atom is -0.496 e. The smallest absolute Gasteiger partial charge is 0.161 e. The summed E-state index contributed by atoms with van der Waals surface area (Å²) < 4.78 is 35.2. The second-order valence-electron chi connectivity index (χ2n) is 14.9. The van der Waals surface area contributed by atoms with Crippen LogP contribution in [0.5, 0.6) is 17.2 Å². The quantitative estimate of drug-likeness (QED) is 0.173. The van der Waals surface area contributed by atoms with Crippen LogP contribution in [-0.2, 0) is 21.8 Å². The van der Waals surface area contributed by atoms with E-state index < -0.39 is 29.7 Å². The average Bonchev–Trinajstić information content (AvgIpc) is 3.02. The molecule has 4 aromatic carbocycles. The molecule has 0 aliphatic heterocycles. The first-order chi connectivity index (χ1) is 22.0. The van der Waals surface area contributed by atoms with E-state index >= 15 is 0 Å². The third kappa shape index (κ3) is 8.28. The largest absolute Gasteiger partial charge is 0.496 e. The summed E-state index contributed by atoms with van der Waals surface area (Å²) in [5, 5.41) is 3.51. The van der Waals surface area contributed by atoms with E-state index in [0.29, 0.717) is 11.5 Å². The van der Waals surface area contributed by atoms with Gasteiger partial charge in [0.15, 0.2) is 11.5 Å². The number of ether oxygens (including phenoxy) is 3. The van der Waals surface area contributed by atoms with Gasteiger partial charge >= 0.3 is 0 Å². The Morgan fingerprint density at radius 3 is 1.47 bits per heavy atom. The van der Waals surface area contributed by atoms with Crippen molar-refractivity contribution in [1.29, 1.82) is 0 Å². The van der Waals surface area contributed by atoms with E-state index in [1.807, 2.05) is 32.9 Å². The molecule has 4 aromatic rings. The molecular weight excluding hydrogens is 621 g/mol. The fourth-order valence-electron chi connectivity index (χ4n) is 5.64. The molecular formula is C40H52NO4PS. The lowest BCUT2D eigenvalue weighted by molar-refractivity contribution is 0.354. The van der Waals surface area contributed by atoms with Crippen LogP contribution in [0.2, 0.25) is 0 Å². The molecule has 4 rings (SSSR count). The highest BCUT2D eigenvalue weighted by Gasteiger charge is 2.34. The summed E-state index contributed by atoms with van der Waals surface area (Å²) in [5.74, 6) is 2.17. The van der Waals surface area contributed by atoms with Crippen molar-refractivity contribution in [3.8, 4) is 17.2 Å². The number of methoxy groups -OCH3 is 3. The van der Waals surface area contributed by atoms with Gasteiger partial charge in [-0.3, -0.25) is 0 Å². The lowest BCUT2D eigenvalue weighted by Gasteiger charge is -2.34. The molecule has 0 heterocycles. The molecule has 1 N–H and O–H groups in total. The summed E-state index contributed by atoms with van der Waals surface area (Å²) in [6, 6.07) is 29.4. The zero-order valence-electron chi connectivity index (χ0n) is 30.1. The lowest BCUT2D eigenvalue weighted by Crippen LogP contribution is -2.38. The van der Waals surface area contributed by atoms with Crippen molar-refractivity contribution < 1.29 is 18.4 Å². The zero-order valence-corrected chi connectivity index (χ0v) is 31.9. The van der Waals surface area contributed by atoms with Crippen LogP contribution < -0.4 is 34.8 Å². The van der Waals surface area contributed by atoms with Crippen LogP contribution in [-0.4, -0.2) is 30.3 Å². The maximum atomic E-state index is 14.1. The molecule has 0 amide bonds. The van der Waals surface area contributed by atoms with E-state index in [9.17, 15) is 4.21 Å². The number of hydrogen-bond donors (Lipinski definition) is 1. The van der Waals surface area contributed by atoms with Gasteiger partial charge in [0.2, 0.25) is 0 Å². The van der Waals surface area contributed by atoms with E-state index in [-0.39, 0.29) is 10.8 Å². The molecule has 0 saturated carbocycles. The Morgan fingerprint density at radius 2 is 1.09 bits per heavy atom. The van der Waals surface area contributed by atoms with Crippen LogP contribution in [0.25, 0.3) is 0 Å². The highest BCUT2D eigenvalue weighted by atomic mass is 32.2. The molecule has 0 aromatic heterocycles. The van der Waals surface area contributed by atoms with E-state index in [0.717, 1.165) is 33.3 Å². The first-order valence-electron chi connectivity index (χ1n) is 16.1. The Bertz CT molecular complexity index is 1610. The van der Waals surface area contributed by atoms with Crippen molar-refractivity contribution in [3.05, 3.63) is 107 Å². The number of benzene rings is 4. The van der Waals surface area contributed by atoms with E-state index in [1.54, 1.807) is 21.3 Å². The van der Waals surface area contributed by atoms with Gasteiger partial charge in [0.25, 0.3) is 0 Å². The first kappa shape index (κ1) is 36.7. The molecule has 0 bridgehead atoms. The van der Waals surface area contributed by atoms with Crippen molar-refractivity contribution in [1.82, 2.24) is 4.72 Å². The third-order valence-electron chi connectivity index (χ3n) is 8.16. The molecule has 47 heavy (non-hydrogen) atoms. The SMILES string of the molecule is COc1cc([C@H](N[S@@](=O)C(C)(C)C)c2cc(C(C)(C)C)c(OC)c(C(C)(C)C)c2)c(P(c2ccccc2)c2ccccc2)cc1OC.